The Kier molecular flexibility index (Phi) is 6.96. The van der Waals surface area contributed by atoms with E-state index in [2.05, 4.69) is 47.8 Å². The van der Waals surface area contributed by atoms with Crippen LogP contribution in [0.5, 0.6) is 17.6 Å². The fraction of sp³-hybridized carbons (Fsp3) is 0. The van der Waals surface area contributed by atoms with Crippen LogP contribution in [0.2, 0.25) is 0 Å². The van der Waals surface area contributed by atoms with Crippen LogP contribution in [0.15, 0.2) is 86.2 Å². The van der Waals surface area contributed by atoms with Crippen LogP contribution < -0.4 is 13.6 Å². The van der Waals surface area contributed by atoms with Crippen molar-refractivity contribution >= 4 is 124 Å². The second kappa shape index (κ2) is 10.0. The van der Waals surface area contributed by atoms with Crippen molar-refractivity contribution in [3.63, 3.8) is 0 Å². The highest BCUT2D eigenvalue weighted by Gasteiger charge is 2.37. The number of aromatic nitrogens is 3. The summed E-state index contributed by atoms with van der Waals surface area (Å²) in [4.78, 5) is 0. The number of phosphoric acid groups is 1. The van der Waals surface area contributed by atoms with Crippen LogP contribution in [0.1, 0.15) is 0 Å². The number of benzene rings is 3. The zero-order valence-corrected chi connectivity index (χ0v) is 26.5. The van der Waals surface area contributed by atoms with Gasteiger partial charge in [0.05, 0.1) is 16.6 Å². The molecule has 0 unspecified atom stereocenters. The highest BCUT2D eigenvalue weighted by molar-refractivity contribution is 9.11. The summed E-state index contributed by atoms with van der Waals surface area (Å²) in [6.07, 6.45) is 0. The molecule has 0 radical (unpaired) electrons. The number of hydrogen-bond acceptors (Lipinski definition) is 4. The molecule has 0 aliphatic carbocycles. The molecular formula is C24H12Br3Cl3N3O4P. The quantitative estimate of drug-likeness (QED) is 0.158. The zero-order chi connectivity index (χ0) is 26.8. The molecule has 3 aromatic carbocycles. The van der Waals surface area contributed by atoms with Crippen molar-refractivity contribution in [3.8, 4) is 17.6 Å². The Labute approximate surface area is 256 Å². The lowest BCUT2D eigenvalue weighted by molar-refractivity contribution is 0.286. The average Bonchev–Trinajstić information content (AvgIpc) is 3.44. The van der Waals surface area contributed by atoms with Crippen molar-refractivity contribution in [2.75, 3.05) is 0 Å². The Bertz CT molecular complexity index is 1720. The largest absolute Gasteiger partial charge is 0.650 e. The van der Waals surface area contributed by atoms with Crippen molar-refractivity contribution < 1.29 is 18.1 Å². The van der Waals surface area contributed by atoms with Crippen LogP contribution in [0.25, 0.3) is 32.7 Å². The summed E-state index contributed by atoms with van der Waals surface area (Å²) in [7, 11) is -4.52. The first-order valence-corrected chi connectivity index (χ1v) is 15.6. The minimum atomic E-state index is -4.52. The summed E-state index contributed by atoms with van der Waals surface area (Å²) in [6, 6.07) is 21.2. The molecule has 3 heterocycles. The van der Waals surface area contributed by atoms with Crippen LogP contribution in [0, 0.1) is 0 Å². The van der Waals surface area contributed by atoms with Crippen LogP contribution in [0.3, 0.4) is 0 Å². The second-order valence-electron chi connectivity index (χ2n) is 8.12. The smallest absolute Gasteiger partial charge is 0.368 e. The van der Waals surface area contributed by atoms with E-state index in [1.165, 1.54) is 12.3 Å². The maximum Gasteiger partial charge on any atom is 0.650 e. The first kappa shape index (κ1) is 26.4. The van der Waals surface area contributed by atoms with E-state index < -0.39 is 7.82 Å². The predicted octanol–water partition coefficient (Wildman–Crippen LogP) is 10.5. The molecule has 194 valence electrons. The average molecular weight is 783 g/mol. The molecule has 0 N–H and O–H groups in total. The van der Waals surface area contributed by atoms with E-state index in [-0.39, 0.29) is 17.6 Å². The fourth-order valence-corrected chi connectivity index (χ4v) is 7.17. The van der Waals surface area contributed by atoms with Gasteiger partial charge in [-0.3, -0.25) is 0 Å². The molecule has 14 heteroatoms. The molecule has 3 aromatic heterocycles. The maximum atomic E-state index is 14.3. The molecule has 0 aliphatic heterocycles. The summed E-state index contributed by atoms with van der Waals surface area (Å²) in [6.45, 7) is 0. The molecule has 6 aromatic rings. The van der Waals surface area contributed by atoms with Gasteiger partial charge in [-0.05, 0) is 54.6 Å². The predicted molar refractivity (Wildman–Crippen MR) is 162 cm³/mol. The maximum absolute atomic E-state index is 14.3. The minimum absolute atomic E-state index is 0.0306. The van der Waals surface area contributed by atoms with E-state index in [1.54, 1.807) is 36.4 Å². The standard InChI is InChI=1S/C24H12Br3Cl3N3O4P/c25-16-1-4-19-13(7-16)10-22(31(19)28)35-38(34,36-23-11-14-8-17(26)2-5-20(14)32(23)29)37-24-12-15-9-18(27)3-6-21(15)33(24)30/h1-12H. The van der Waals surface area contributed by atoms with Gasteiger partial charge in [0.1, 0.15) is 0 Å². The highest BCUT2D eigenvalue weighted by atomic mass is 79.9. The normalized spacial score (nSPS) is 12.1. The topological polar surface area (TPSA) is 59.6 Å². The van der Waals surface area contributed by atoms with Gasteiger partial charge >= 0.3 is 7.82 Å². The molecule has 0 amide bonds. The Morgan fingerprint density at radius 2 is 0.816 bits per heavy atom. The van der Waals surface area contributed by atoms with Crippen LogP contribution >= 0.6 is 90.9 Å². The Balaban J connectivity index is 1.45. The lowest BCUT2D eigenvalue weighted by atomic mass is 10.2. The first-order valence-electron chi connectivity index (χ1n) is 10.7. The van der Waals surface area contributed by atoms with Gasteiger partial charge in [0, 0.05) is 83.1 Å². The number of rotatable bonds is 6. The van der Waals surface area contributed by atoms with Crippen LogP contribution in [-0.4, -0.2) is 12.3 Å². The van der Waals surface area contributed by atoms with Crippen molar-refractivity contribution in [2.45, 2.75) is 0 Å². The van der Waals surface area contributed by atoms with E-state index in [1.807, 2.05) is 36.4 Å². The molecule has 6 rings (SSSR count). The Morgan fingerprint density at radius 1 is 0.526 bits per heavy atom. The molecule has 0 spiro atoms. The lowest BCUT2D eigenvalue weighted by Crippen LogP contribution is -2.10. The Hall–Kier alpha value is -1.78. The number of fused-ring (bicyclic) bond motifs is 3. The van der Waals surface area contributed by atoms with Gasteiger partial charge < -0.3 is 13.6 Å². The molecule has 7 nitrogen and oxygen atoms in total. The summed E-state index contributed by atoms with van der Waals surface area (Å²) in [5.41, 5.74) is 1.89. The monoisotopic (exact) mass is 779 g/mol. The third kappa shape index (κ3) is 4.85. The molecule has 0 saturated carbocycles. The van der Waals surface area contributed by atoms with Crippen molar-refractivity contribution in [1.82, 2.24) is 12.3 Å². The lowest BCUT2D eigenvalue weighted by Gasteiger charge is -2.18. The molecule has 0 fully saturated rings. The van der Waals surface area contributed by atoms with E-state index in [0.717, 1.165) is 29.6 Å². The van der Waals surface area contributed by atoms with Gasteiger partial charge in [-0.2, -0.15) is 4.57 Å². The molecule has 0 aliphatic rings. The third-order valence-electron chi connectivity index (χ3n) is 5.64. The van der Waals surface area contributed by atoms with Gasteiger partial charge in [0.15, 0.2) is 0 Å². The molecular weight excluding hydrogens is 771 g/mol. The van der Waals surface area contributed by atoms with Gasteiger partial charge in [-0.1, -0.05) is 47.8 Å². The van der Waals surface area contributed by atoms with Crippen molar-refractivity contribution in [3.05, 3.63) is 86.2 Å². The van der Waals surface area contributed by atoms with E-state index in [9.17, 15) is 4.57 Å². The minimum Gasteiger partial charge on any atom is -0.368 e. The highest BCUT2D eigenvalue weighted by Crippen LogP contribution is 2.52. The van der Waals surface area contributed by atoms with E-state index in [4.69, 9.17) is 48.9 Å². The number of phosphoric ester groups is 1. The van der Waals surface area contributed by atoms with E-state index in [0.29, 0.717) is 16.6 Å². The number of nitrogens with zero attached hydrogens (tertiary/aromatic N) is 3. The zero-order valence-electron chi connectivity index (χ0n) is 18.6. The number of hydrogen-bond donors (Lipinski definition) is 0. The van der Waals surface area contributed by atoms with E-state index >= 15 is 0 Å². The van der Waals surface area contributed by atoms with Gasteiger partial charge in [0.25, 0.3) is 0 Å². The Morgan fingerprint density at radius 3 is 1.11 bits per heavy atom. The van der Waals surface area contributed by atoms with Gasteiger partial charge in [-0.15, -0.1) is 0 Å². The summed E-state index contributed by atoms with van der Waals surface area (Å²) in [5, 5.41) is 2.22. The molecule has 0 saturated heterocycles. The summed E-state index contributed by atoms with van der Waals surface area (Å²) < 4.78 is 38.1. The number of halogens is 6. The molecule has 38 heavy (non-hydrogen) atoms. The van der Waals surface area contributed by atoms with Crippen molar-refractivity contribution in [2.24, 2.45) is 0 Å². The fourth-order valence-electron chi connectivity index (χ4n) is 3.97. The summed E-state index contributed by atoms with van der Waals surface area (Å²) in [5.74, 6) is 0.0918. The first-order chi connectivity index (χ1) is 18.1. The van der Waals surface area contributed by atoms with Crippen LogP contribution in [0.4, 0.5) is 0 Å². The molecule has 0 bridgehead atoms. The van der Waals surface area contributed by atoms with Gasteiger partial charge in [0.2, 0.25) is 17.6 Å². The van der Waals surface area contributed by atoms with Crippen LogP contribution in [-0.2, 0) is 4.57 Å². The third-order valence-corrected chi connectivity index (χ3v) is 9.39. The van der Waals surface area contributed by atoms with Crippen molar-refractivity contribution in [1.29, 1.82) is 0 Å². The SMILES string of the molecule is O=P(Oc1cc2cc(Br)ccc2n1Cl)(Oc1cc2cc(Br)ccc2n1Cl)Oc1cc2cc(Br)ccc2n1Cl. The summed E-state index contributed by atoms with van der Waals surface area (Å²) >= 11 is 29.9. The van der Waals surface area contributed by atoms with Gasteiger partial charge in [-0.25, -0.2) is 12.3 Å². The second-order valence-corrected chi connectivity index (χ2v) is 13.3. The molecule has 0 atom stereocenters.